The van der Waals surface area contributed by atoms with Crippen molar-refractivity contribution < 1.29 is 0 Å². The summed E-state index contributed by atoms with van der Waals surface area (Å²) in [4.78, 5) is 7.71. The van der Waals surface area contributed by atoms with Crippen LogP contribution in [0.25, 0.3) is 0 Å². The van der Waals surface area contributed by atoms with Gasteiger partial charge in [-0.05, 0) is 5.22 Å². The summed E-state index contributed by atoms with van der Waals surface area (Å²) in [5.74, 6) is 0.870. The molecule has 6 nitrogen and oxygen atoms in total. The van der Waals surface area contributed by atoms with Crippen molar-refractivity contribution in [3.8, 4) is 0 Å². The van der Waals surface area contributed by atoms with Gasteiger partial charge in [-0.2, -0.15) is 0 Å². The average molecular weight is 136 g/mol. The molecule has 0 amide bonds. The molecule has 0 spiro atoms. The van der Waals surface area contributed by atoms with Gasteiger partial charge in [0.1, 0.15) is 6.34 Å². The van der Waals surface area contributed by atoms with Gasteiger partial charge in [-0.3, -0.25) is 4.99 Å². The molecule has 0 aliphatic carbocycles. The van der Waals surface area contributed by atoms with E-state index in [-0.39, 0.29) is 6.04 Å². The van der Waals surface area contributed by atoms with Crippen molar-refractivity contribution in [3.63, 3.8) is 0 Å². The van der Waals surface area contributed by atoms with Gasteiger partial charge in [0, 0.05) is 0 Å². The third-order valence-corrected chi connectivity index (χ3v) is 1.24. The largest absolute Gasteiger partial charge is 0.383 e. The summed E-state index contributed by atoms with van der Waals surface area (Å²) in [5, 5.41) is 10.5. The van der Waals surface area contributed by atoms with Crippen molar-refractivity contribution in [1.29, 1.82) is 0 Å². The number of fused-ring (bicyclic) bond motifs is 1. The first-order valence-electron chi connectivity index (χ1n) is 2.71. The highest BCUT2D eigenvalue weighted by Crippen LogP contribution is 2.07. The lowest BCUT2D eigenvalue weighted by molar-refractivity contribution is 0.969. The fraction of sp³-hybridized carbons (Fsp3) is 0.250. The summed E-state index contributed by atoms with van der Waals surface area (Å²) in [6.07, 6.45) is 1.41. The Morgan fingerprint density at radius 2 is 2.40 bits per heavy atom. The third kappa shape index (κ3) is 0.554. The minimum atomic E-state index is -0.280. The predicted octanol–water partition coefficient (Wildman–Crippen LogP) is -0.467. The zero-order valence-electron chi connectivity index (χ0n) is 4.97. The molecule has 50 valence electrons. The molecule has 0 radical (unpaired) electrons. The molecule has 0 aromatic heterocycles. The van der Waals surface area contributed by atoms with Crippen LogP contribution < -0.4 is 5.73 Å². The maximum atomic E-state index is 5.42. The molecule has 1 unspecified atom stereocenters. The number of nitrogens with two attached hydrogens (primary N) is 1. The smallest absolute Gasteiger partial charge is 0.186 e. The van der Waals surface area contributed by atoms with E-state index in [1.807, 2.05) is 0 Å². The molecule has 0 aromatic rings. The van der Waals surface area contributed by atoms with Gasteiger partial charge in [0.05, 0.1) is 0 Å². The van der Waals surface area contributed by atoms with E-state index in [0.717, 1.165) is 0 Å². The minimum absolute atomic E-state index is 0.280. The molecule has 2 N–H and O–H groups in total. The van der Waals surface area contributed by atoms with E-state index in [2.05, 4.69) is 25.4 Å². The van der Waals surface area contributed by atoms with Crippen LogP contribution in [0.2, 0.25) is 0 Å². The first kappa shape index (κ1) is 5.21. The molecule has 0 aromatic carbocycles. The SMILES string of the molecule is NC1=NN=NC2=NC=NC12. The molecule has 0 saturated heterocycles. The van der Waals surface area contributed by atoms with Crippen molar-refractivity contribution >= 4 is 18.0 Å². The predicted molar refractivity (Wildman–Crippen MR) is 36.2 cm³/mol. The molecule has 10 heavy (non-hydrogen) atoms. The van der Waals surface area contributed by atoms with E-state index < -0.39 is 0 Å². The fourth-order valence-corrected chi connectivity index (χ4v) is 0.760. The lowest BCUT2D eigenvalue weighted by Crippen LogP contribution is -2.33. The Bertz CT molecular complexity index is 271. The molecule has 0 bridgehead atoms. The molecule has 6 heteroatoms. The quantitative estimate of drug-likeness (QED) is 0.479. The topological polar surface area (TPSA) is 87.8 Å². The van der Waals surface area contributed by atoms with Gasteiger partial charge in [0.15, 0.2) is 17.7 Å². The van der Waals surface area contributed by atoms with Crippen LogP contribution in [0, 0.1) is 0 Å². The van der Waals surface area contributed by atoms with Gasteiger partial charge in [0.25, 0.3) is 0 Å². The van der Waals surface area contributed by atoms with E-state index in [1.165, 1.54) is 6.34 Å². The molecule has 2 aliphatic rings. The van der Waals surface area contributed by atoms with Gasteiger partial charge in [-0.25, -0.2) is 4.99 Å². The van der Waals surface area contributed by atoms with Gasteiger partial charge >= 0.3 is 0 Å². The van der Waals surface area contributed by atoms with Gasteiger partial charge < -0.3 is 5.73 Å². The van der Waals surface area contributed by atoms with Crippen LogP contribution in [0.3, 0.4) is 0 Å². The number of aliphatic imine (C=N–C) groups is 2. The van der Waals surface area contributed by atoms with Crippen molar-refractivity contribution in [2.45, 2.75) is 6.04 Å². The number of hydrogen-bond donors (Lipinski definition) is 1. The molecule has 0 fully saturated rings. The number of hydrogen-bond acceptors (Lipinski definition) is 6. The summed E-state index contributed by atoms with van der Waals surface area (Å²) in [7, 11) is 0. The summed E-state index contributed by atoms with van der Waals surface area (Å²) in [5.41, 5.74) is 5.42. The highest BCUT2D eigenvalue weighted by Gasteiger charge is 2.24. The van der Waals surface area contributed by atoms with Crippen LogP contribution >= 0.6 is 0 Å². The lowest BCUT2D eigenvalue weighted by atomic mass is 10.3. The first-order chi connectivity index (χ1) is 4.88. The van der Waals surface area contributed by atoms with Crippen LogP contribution in [0.1, 0.15) is 0 Å². The second-order valence-corrected chi connectivity index (χ2v) is 1.87. The minimum Gasteiger partial charge on any atom is -0.383 e. The van der Waals surface area contributed by atoms with Crippen LogP contribution in [0.4, 0.5) is 0 Å². The van der Waals surface area contributed by atoms with E-state index in [4.69, 9.17) is 5.73 Å². The Hall–Kier alpha value is -1.59. The zero-order chi connectivity index (χ0) is 6.97. The second kappa shape index (κ2) is 1.69. The monoisotopic (exact) mass is 136 g/mol. The zero-order valence-corrected chi connectivity index (χ0v) is 4.97. The molecule has 0 saturated carbocycles. The first-order valence-corrected chi connectivity index (χ1v) is 2.71. The Morgan fingerprint density at radius 3 is 3.20 bits per heavy atom. The Kier molecular flexibility index (Phi) is 0.883. The van der Waals surface area contributed by atoms with Crippen LogP contribution in [0.5, 0.6) is 0 Å². The van der Waals surface area contributed by atoms with Crippen LogP contribution in [-0.2, 0) is 0 Å². The highest BCUT2D eigenvalue weighted by molar-refractivity contribution is 6.14. The van der Waals surface area contributed by atoms with Crippen molar-refractivity contribution in [3.05, 3.63) is 0 Å². The summed E-state index contributed by atoms with van der Waals surface area (Å²) in [6.45, 7) is 0. The highest BCUT2D eigenvalue weighted by atomic mass is 15.4. The average Bonchev–Trinajstić information content (AvgIpc) is 2.36. The molecule has 2 rings (SSSR count). The number of nitrogens with zero attached hydrogens (tertiary/aromatic N) is 5. The second-order valence-electron chi connectivity index (χ2n) is 1.87. The maximum Gasteiger partial charge on any atom is 0.186 e. The van der Waals surface area contributed by atoms with Gasteiger partial charge in [-0.1, -0.05) is 0 Å². The summed E-state index contributed by atoms with van der Waals surface area (Å²) >= 11 is 0. The van der Waals surface area contributed by atoms with E-state index in [0.29, 0.717) is 11.7 Å². The van der Waals surface area contributed by atoms with Crippen LogP contribution in [0.15, 0.2) is 25.4 Å². The Morgan fingerprint density at radius 1 is 1.50 bits per heavy atom. The normalized spacial score (nSPS) is 27.8. The number of amidine groups is 2. The van der Waals surface area contributed by atoms with Gasteiger partial charge in [0.2, 0.25) is 0 Å². The third-order valence-electron chi connectivity index (χ3n) is 1.24. The standard InChI is InChI=1S/C4H4N6/c5-3-2-4(7-1-6-2)9-10-8-3/h1-2H,(H2,5,6,7,8,9). The van der Waals surface area contributed by atoms with Crippen molar-refractivity contribution in [2.24, 2.45) is 31.2 Å². The molecule has 2 aliphatic heterocycles. The molecule has 2 heterocycles. The van der Waals surface area contributed by atoms with Crippen molar-refractivity contribution in [1.82, 2.24) is 0 Å². The number of rotatable bonds is 0. The van der Waals surface area contributed by atoms with Gasteiger partial charge in [-0.15, -0.1) is 10.2 Å². The van der Waals surface area contributed by atoms with E-state index in [1.54, 1.807) is 0 Å². The van der Waals surface area contributed by atoms with E-state index >= 15 is 0 Å². The van der Waals surface area contributed by atoms with Crippen molar-refractivity contribution in [2.75, 3.05) is 0 Å². The Labute approximate surface area is 56.3 Å². The van der Waals surface area contributed by atoms with Crippen LogP contribution in [-0.4, -0.2) is 24.1 Å². The molecular formula is C4H4N6. The maximum absolute atomic E-state index is 5.42. The molecular weight excluding hydrogens is 132 g/mol. The molecule has 1 atom stereocenters. The summed E-state index contributed by atoms with van der Waals surface area (Å²) in [6, 6.07) is -0.280. The van der Waals surface area contributed by atoms with E-state index in [9.17, 15) is 0 Å². The Balaban J connectivity index is 2.43. The fourth-order valence-electron chi connectivity index (χ4n) is 0.760. The lowest BCUT2D eigenvalue weighted by Gasteiger charge is -2.06. The summed E-state index contributed by atoms with van der Waals surface area (Å²) < 4.78 is 0.